The van der Waals surface area contributed by atoms with Crippen LogP contribution in [-0.2, 0) is 11.2 Å². The van der Waals surface area contributed by atoms with Gasteiger partial charge in [0.15, 0.2) is 0 Å². The van der Waals surface area contributed by atoms with Crippen LogP contribution in [0.2, 0.25) is 0 Å². The van der Waals surface area contributed by atoms with E-state index in [0.717, 1.165) is 27.8 Å². The van der Waals surface area contributed by atoms with Crippen molar-refractivity contribution in [3.05, 3.63) is 46.6 Å². The van der Waals surface area contributed by atoms with Gasteiger partial charge in [0.05, 0.1) is 12.5 Å². The number of nitrogens with zero attached hydrogens (tertiary/aromatic N) is 2. The number of fused-ring (bicyclic) bond motifs is 1. The molecule has 124 valence electrons. The summed E-state index contributed by atoms with van der Waals surface area (Å²) in [6.45, 7) is 2.55. The summed E-state index contributed by atoms with van der Waals surface area (Å²) in [5.41, 5.74) is 1.94. The van der Waals surface area contributed by atoms with Gasteiger partial charge < -0.3 is 15.2 Å². The van der Waals surface area contributed by atoms with Crippen LogP contribution in [0.1, 0.15) is 20.8 Å². The Bertz CT molecular complexity index is 875. The molecule has 0 atom stereocenters. The van der Waals surface area contributed by atoms with Crippen LogP contribution in [-0.4, -0.2) is 34.7 Å². The number of phenols is 1. The van der Waals surface area contributed by atoms with Crippen LogP contribution in [0.4, 0.5) is 5.82 Å². The van der Waals surface area contributed by atoms with Gasteiger partial charge in [-0.3, -0.25) is 0 Å². The molecule has 0 amide bonds. The number of benzene rings is 1. The van der Waals surface area contributed by atoms with E-state index in [4.69, 9.17) is 4.74 Å². The maximum absolute atomic E-state index is 11.8. The Hall–Kier alpha value is -2.67. The van der Waals surface area contributed by atoms with Crippen molar-refractivity contribution in [2.24, 2.45) is 0 Å². The third-order valence-corrected chi connectivity index (χ3v) is 4.92. The molecular formula is C17H17N3O3S. The van der Waals surface area contributed by atoms with E-state index in [1.165, 1.54) is 24.8 Å². The molecule has 0 aliphatic rings. The van der Waals surface area contributed by atoms with Crippen molar-refractivity contribution in [1.29, 1.82) is 0 Å². The topological polar surface area (TPSA) is 84.3 Å². The zero-order valence-electron chi connectivity index (χ0n) is 13.4. The molecule has 3 rings (SSSR count). The summed E-state index contributed by atoms with van der Waals surface area (Å²) in [5, 5.41) is 13.5. The minimum atomic E-state index is -0.356. The first-order chi connectivity index (χ1) is 11.6. The van der Waals surface area contributed by atoms with Crippen molar-refractivity contribution in [1.82, 2.24) is 9.97 Å². The van der Waals surface area contributed by atoms with Gasteiger partial charge in [0.2, 0.25) is 0 Å². The van der Waals surface area contributed by atoms with E-state index in [0.29, 0.717) is 17.2 Å². The third kappa shape index (κ3) is 3.16. The highest BCUT2D eigenvalue weighted by molar-refractivity contribution is 7.20. The maximum Gasteiger partial charge on any atom is 0.348 e. The third-order valence-electron chi connectivity index (χ3n) is 3.74. The quantitative estimate of drug-likeness (QED) is 0.692. The molecule has 0 aliphatic carbocycles. The Kier molecular flexibility index (Phi) is 4.61. The monoisotopic (exact) mass is 343 g/mol. The zero-order valence-corrected chi connectivity index (χ0v) is 14.2. The van der Waals surface area contributed by atoms with Gasteiger partial charge in [-0.25, -0.2) is 14.8 Å². The van der Waals surface area contributed by atoms with E-state index < -0.39 is 0 Å². The van der Waals surface area contributed by atoms with E-state index in [2.05, 4.69) is 15.3 Å². The molecule has 0 aliphatic heterocycles. The summed E-state index contributed by atoms with van der Waals surface area (Å²) in [6.07, 6.45) is 2.28. The van der Waals surface area contributed by atoms with Gasteiger partial charge in [0.25, 0.3) is 0 Å². The van der Waals surface area contributed by atoms with Gasteiger partial charge in [-0.2, -0.15) is 0 Å². The second-order valence-corrected chi connectivity index (χ2v) is 6.29. The number of aromatic nitrogens is 2. The smallest absolute Gasteiger partial charge is 0.348 e. The second-order valence-electron chi connectivity index (χ2n) is 5.29. The molecule has 24 heavy (non-hydrogen) atoms. The maximum atomic E-state index is 11.8. The van der Waals surface area contributed by atoms with Gasteiger partial charge >= 0.3 is 5.97 Å². The number of rotatable bonds is 5. The van der Waals surface area contributed by atoms with E-state index >= 15 is 0 Å². The number of phenolic OH excluding ortho intramolecular Hbond substituents is 1. The van der Waals surface area contributed by atoms with Crippen molar-refractivity contribution in [3.63, 3.8) is 0 Å². The highest BCUT2D eigenvalue weighted by Gasteiger charge is 2.19. The Balaban J connectivity index is 1.80. The number of hydrogen-bond donors (Lipinski definition) is 2. The Morgan fingerprint density at radius 1 is 1.29 bits per heavy atom. The molecule has 1 aromatic carbocycles. The number of nitrogens with one attached hydrogen (secondary N) is 1. The number of hydrogen-bond acceptors (Lipinski definition) is 7. The standard InChI is InChI=1S/C17H17N3O3S/c1-10-13-15(18-8-7-11-3-5-12(21)6-4-11)19-9-20-16(13)24-14(10)17(22)23-2/h3-6,9,21H,7-8H2,1-2H3,(H,18,19,20). The van der Waals surface area contributed by atoms with Crippen molar-refractivity contribution in [3.8, 4) is 5.75 Å². The number of aromatic hydroxyl groups is 1. The predicted octanol–water partition coefficient (Wildman–Crippen LogP) is 3.15. The van der Waals surface area contributed by atoms with Crippen LogP contribution >= 0.6 is 11.3 Å². The highest BCUT2D eigenvalue weighted by Crippen LogP contribution is 2.33. The average Bonchev–Trinajstić information content (AvgIpc) is 2.94. The fourth-order valence-corrected chi connectivity index (χ4v) is 3.55. The number of aryl methyl sites for hydroxylation is 1. The number of anilines is 1. The predicted molar refractivity (Wildman–Crippen MR) is 93.8 cm³/mol. The number of esters is 1. The first-order valence-corrected chi connectivity index (χ1v) is 8.26. The summed E-state index contributed by atoms with van der Waals surface area (Å²) < 4.78 is 4.82. The van der Waals surface area contributed by atoms with Crippen molar-refractivity contribution < 1.29 is 14.6 Å². The molecule has 3 aromatic rings. The van der Waals surface area contributed by atoms with Crippen molar-refractivity contribution in [2.75, 3.05) is 19.0 Å². The van der Waals surface area contributed by atoms with Crippen LogP contribution in [0.25, 0.3) is 10.2 Å². The van der Waals surface area contributed by atoms with Crippen LogP contribution < -0.4 is 5.32 Å². The lowest BCUT2D eigenvalue weighted by molar-refractivity contribution is 0.0605. The molecule has 0 spiro atoms. The fourth-order valence-electron chi connectivity index (χ4n) is 2.48. The normalized spacial score (nSPS) is 10.8. The number of carbonyl (C=O) groups excluding carboxylic acids is 1. The number of carbonyl (C=O) groups is 1. The van der Waals surface area contributed by atoms with E-state index in [1.807, 2.05) is 19.1 Å². The molecule has 0 saturated heterocycles. The molecule has 2 aromatic heterocycles. The molecule has 0 fully saturated rings. The number of ether oxygens (including phenoxy) is 1. The summed E-state index contributed by atoms with van der Waals surface area (Å²) in [6, 6.07) is 7.11. The molecule has 6 nitrogen and oxygen atoms in total. The van der Waals surface area contributed by atoms with Crippen molar-refractivity contribution >= 4 is 33.3 Å². The largest absolute Gasteiger partial charge is 0.508 e. The first kappa shape index (κ1) is 16.2. The lowest BCUT2D eigenvalue weighted by Gasteiger charge is -2.07. The SMILES string of the molecule is COC(=O)c1sc2ncnc(NCCc3ccc(O)cc3)c2c1C. The molecule has 7 heteroatoms. The molecule has 2 heterocycles. The Morgan fingerprint density at radius 3 is 2.75 bits per heavy atom. The van der Waals surface area contributed by atoms with Gasteiger partial charge in [0.1, 0.15) is 27.6 Å². The number of methoxy groups -OCH3 is 1. The molecule has 2 N–H and O–H groups in total. The van der Waals surface area contributed by atoms with Gasteiger partial charge in [-0.05, 0) is 36.6 Å². The highest BCUT2D eigenvalue weighted by atomic mass is 32.1. The summed E-state index contributed by atoms with van der Waals surface area (Å²) >= 11 is 1.31. The molecule has 0 saturated carbocycles. The first-order valence-electron chi connectivity index (χ1n) is 7.44. The minimum absolute atomic E-state index is 0.258. The fraction of sp³-hybridized carbons (Fsp3) is 0.235. The average molecular weight is 343 g/mol. The van der Waals surface area contributed by atoms with E-state index in [9.17, 15) is 9.90 Å². The van der Waals surface area contributed by atoms with Crippen LogP contribution in [0, 0.1) is 6.92 Å². The van der Waals surface area contributed by atoms with Gasteiger partial charge in [-0.15, -0.1) is 11.3 Å². The molecule has 0 unspecified atom stereocenters. The van der Waals surface area contributed by atoms with Crippen LogP contribution in [0.3, 0.4) is 0 Å². The Morgan fingerprint density at radius 2 is 2.04 bits per heavy atom. The summed E-state index contributed by atoms with van der Waals surface area (Å²) in [7, 11) is 1.37. The van der Waals surface area contributed by atoms with Gasteiger partial charge in [0, 0.05) is 6.54 Å². The van der Waals surface area contributed by atoms with Crippen molar-refractivity contribution in [2.45, 2.75) is 13.3 Å². The minimum Gasteiger partial charge on any atom is -0.508 e. The Labute approximate surface area is 143 Å². The zero-order chi connectivity index (χ0) is 17.1. The summed E-state index contributed by atoms with van der Waals surface area (Å²) in [4.78, 5) is 21.7. The second kappa shape index (κ2) is 6.84. The molecular weight excluding hydrogens is 326 g/mol. The van der Waals surface area contributed by atoms with Crippen LogP contribution in [0.5, 0.6) is 5.75 Å². The summed E-state index contributed by atoms with van der Waals surface area (Å²) in [5.74, 6) is 0.613. The lowest BCUT2D eigenvalue weighted by Crippen LogP contribution is -2.07. The van der Waals surface area contributed by atoms with E-state index in [-0.39, 0.29) is 11.7 Å². The van der Waals surface area contributed by atoms with Crippen LogP contribution in [0.15, 0.2) is 30.6 Å². The van der Waals surface area contributed by atoms with Gasteiger partial charge in [-0.1, -0.05) is 12.1 Å². The lowest BCUT2D eigenvalue weighted by atomic mass is 10.1. The molecule has 0 radical (unpaired) electrons. The van der Waals surface area contributed by atoms with E-state index in [1.54, 1.807) is 12.1 Å². The number of thiophene rings is 1. The molecule has 0 bridgehead atoms.